The summed E-state index contributed by atoms with van der Waals surface area (Å²) in [7, 11) is 0. The molecule has 0 aliphatic carbocycles. The summed E-state index contributed by atoms with van der Waals surface area (Å²) in [5.41, 5.74) is 1.35. The Morgan fingerprint density at radius 3 is 2.52 bits per heavy atom. The van der Waals surface area contributed by atoms with E-state index in [2.05, 4.69) is 19.7 Å². The molecule has 0 N–H and O–H groups in total. The molecule has 2 aliphatic rings. The van der Waals surface area contributed by atoms with Crippen molar-refractivity contribution >= 4 is 33.8 Å². The van der Waals surface area contributed by atoms with E-state index in [-0.39, 0.29) is 16.6 Å². The quantitative estimate of drug-likeness (QED) is 0.476. The number of alkyl halides is 7. The molecule has 29 heavy (non-hydrogen) atoms. The lowest BCUT2D eigenvalue weighted by molar-refractivity contribution is -0.358. The summed E-state index contributed by atoms with van der Waals surface area (Å²) in [5.74, 6) is -11.8. The number of amidine groups is 1. The summed E-state index contributed by atoms with van der Waals surface area (Å²) in [4.78, 5) is 12.1. The van der Waals surface area contributed by atoms with Gasteiger partial charge in [-0.2, -0.15) is 40.7 Å². The average Bonchev–Trinajstić information content (AvgIpc) is 3.21. The normalized spacial score (nSPS) is 18.1. The minimum absolute atomic E-state index is 0.0519. The Morgan fingerprint density at radius 1 is 1.14 bits per heavy atom. The van der Waals surface area contributed by atoms with Crippen molar-refractivity contribution in [1.82, 2.24) is 4.98 Å². The molecule has 0 saturated heterocycles. The summed E-state index contributed by atoms with van der Waals surface area (Å²) < 4.78 is 106. The van der Waals surface area contributed by atoms with Crippen LogP contribution >= 0.6 is 11.8 Å². The number of allylic oxidation sites excluding steroid dienone is 1. The molecule has 3 heterocycles. The lowest BCUT2D eigenvalue weighted by Crippen LogP contribution is -2.54. The van der Waals surface area contributed by atoms with Crippen LogP contribution in [-0.2, 0) is 16.9 Å². The fourth-order valence-electron chi connectivity index (χ4n) is 2.16. The predicted octanol–water partition coefficient (Wildman–Crippen LogP) is 3.94. The third kappa shape index (κ3) is 4.53. The molecule has 1 atom stereocenters. The van der Waals surface area contributed by atoms with E-state index in [1.54, 1.807) is 5.41 Å². The van der Waals surface area contributed by atoms with E-state index < -0.39 is 41.6 Å². The van der Waals surface area contributed by atoms with Crippen molar-refractivity contribution in [2.45, 2.75) is 23.8 Å². The van der Waals surface area contributed by atoms with Crippen LogP contribution in [0.1, 0.15) is 5.69 Å². The summed E-state index contributed by atoms with van der Waals surface area (Å²) in [6.07, 6.45) is -5.38. The van der Waals surface area contributed by atoms with Crippen molar-refractivity contribution < 1.29 is 40.0 Å². The predicted molar refractivity (Wildman–Crippen MR) is 92.9 cm³/mol. The second kappa shape index (κ2) is 7.80. The zero-order valence-corrected chi connectivity index (χ0v) is 15.7. The molecular formula is C15H10F7N3O2S2. The number of fused-ring (bicyclic) bond motifs is 1. The minimum Gasteiger partial charge on any atom is -0.609 e. The van der Waals surface area contributed by atoms with Crippen molar-refractivity contribution in [2.75, 3.05) is 12.4 Å². The number of hydrogen-bond acceptors (Lipinski definition) is 6. The standard InChI is InChI=1S/C15H10F7N3O2S2/c16-13(17,14(18,19)15(20,21)22)7-27-9-1-2-23-8(3-9)6-29(26)12-24-10-4-28-5-11(10)25-12/h1-4H,5-7H2/t29-/m0/s1. The first kappa shape index (κ1) is 21.9. The van der Waals surface area contributed by atoms with Crippen LogP contribution in [0.5, 0.6) is 5.75 Å². The highest BCUT2D eigenvalue weighted by Gasteiger charge is 2.73. The van der Waals surface area contributed by atoms with Crippen LogP contribution in [0.2, 0.25) is 0 Å². The Kier molecular flexibility index (Phi) is 5.89. The zero-order valence-electron chi connectivity index (χ0n) is 14.1. The first-order chi connectivity index (χ1) is 13.4. The second-order valence-electron chi connectivity index (χ2n) is 5.80. The Morgan fingerprint density at radius 2 is 1.86 bits per heavy atom. The zero-order chi connectivity index (χ0) is 21.4. The number of ether oxygens (including phenoxy) is 1. The van der Waals surface area contributed by atoms with Gasteiger partial charge < -0.3 is 9.29 Å². The first-order valence-corrected chi connectivity index (χ1v) is 10.0. The lowest BCUT2D eigenvalue weighted by atomic mass is 10.2. The number of nitrogens with zero attached hydrogens (tertiary/aromatic N) is 3. The maximum Gasteiger partial charge on any atom is 0.460 e. The maximum atomic E-state index is 13.3. The molecule has 0 unspecified atom stereocenters. The van der Waals surface area contributed by atoms with E-state index >= 15 is 0 Å². The van der Waals surface area contributed by atoms with Gasteiger partial charge in [-0.15, -0.1) is 11.8 Å². The van der Waals surface area contributed by atoms with Gasteiger partial charge in [-0.05, 0) is 11.5 Å². The molecule has 0 aromatic carbocycles. The number of pyridine rings is 1. The van der Waals surface area contributed by atoms with Crippen molar-refractivity contribution in [3.05, 3.63) is 35.1 Å². The van der Waals surface area contributed by atoms with Gasteiger partial charge in [0.1, 0.15) is 5.75 Å². The van der Waals surface area contributed by atoms with Gasteiger partial charge in [0.25, 0.3) is 0 Å². The summed E-state index contributed by atoms with van der Waals surface area (Å²) in [6, 6.07) is 2.01. The third-order valence-electron chi connectivity index (χ3n) is 3.66. The fraction of sp³-hybridized carbons (Fsp3) is 0.400. The highest BCUT2D eigenvalue weighted by molar-refractivity contribution is 8.06. The van der Waals surface area contributed by atoms with Crippen LogP contribution in [-0.4, -0.2) is 50.8 Å². The molecule has 0 bridgehead atoms. The van der Waals surface area contributed by atoms with Crippen molar-refractivity contribution in [2.24, 2.45) is 9.98 Å². The van der Waals surface area contributed by atoms with E-state index in [9.17, 15) is 35.3 Å². The highest BCUT2D eigenvalue weighted by atomic mass is 32.2. The van der Waals surface area contributed by atoms with Crippen molar-refractivity contribution in [3.8, 4) is 5.75 Å². The van der Waals surface area contributed by atoms with Gasteiger partial charge in [0, 0.05) is 29.2 Å². The number of aliphatic imine (C=N–C) groups is 2. The SMILES string of the molecule is [O-][S@@+](Cc1cc(OCC(F)(F)C(F)(F)C(F)(F)F)ccn1)C1=NC2=CSCC2=N1. The number of hydrogen-bond donors (Lipinski definition) is 0. The lowest BCUT2D eigenvalue weighted by Gasteiger charge is -2.27. The van der Waals surface area contributed by atoms with Crippen LogP contribution < -0.4 is 4.74 Å². The molecule has 1 aromatic rings. The number of halogens is 7. The second-order valence-corrected chi connectivity index (χ2v) is 8.01. The van der Waals surface area contributed by atoms with E-state index in [0.29, 0.717) is 17.2 Å². The van der Waals surface area contributed by atoms with Crippen LogP contribution in [0.4, 0.5) is 30.7 Å². The Labute approximate surface area is 166 Å². The summed E-state index contributed by atoms with van der Waals surface area (Å²) >= 11 is -0.250. The van der Waals surface area contributed by atoms with E-state index in [1.807, 2.05) is 0 Å². The van der Waals surface area contributed by atoms with Gasteiger partial charge in [0.05, 0.1) is 17.1 Å². The van der Waals surface area contributed by atoms with Crippen LogP contribution in [0.25, 0.3) is 0 Å². The van der Waals surface area contributed by atoms with Gasteiger partial charge >= 0.3 is 23.2 Å². The molecule has 3 rings (SSSR count). The van der Waals surface area contributed by atoms with E-state index in [1.165, 1.54) is 11.8 Å². The molecule has 0 saturated carbocycles. The third-order valence-corrected chi connectivity index (χ3v) is 5.64. The fourth-order valence-corrected chi connectivity index (χ4v) is 3.93. The summed E-state index contributed by atoms with van der Waals surface area (Å²) in [6.45, 7) is -2.21. The maximum absolute atomic E-state index is 13.3. The van der Waals surface area contributed by atoms with Crippen molar-refractivity contribution in [3.63, 3.8) is 0 Å². The van der Waals surface area contributed by atoms with E-state index in [4.69, 9.17) is 0 Å². The minimum atomic E-state index is -6.43. The largest absolute Gasteiger partial charge is 0.609 e. The molecular weight excluding hydrogens is 451 g/mol. The van der Waals surface area contributed by atoms with Crippen LogP contribution in [0, 0.1) is 0 Å². The van der Waals surface area contributed by atoms with E-state index in [0.717, 1.165) is 18.3 Å². The number of aromatic nitrogens is 1. The van der Waals surface area contributed by atoms with Crippen molar-refractivity contribution in [1.29, 1.82) is 0 Å². The molecule has 5 nitrogen and oxygen atoms in total. The van der Waals surface area contributed by atoms with Gasteiger partial charge in [0.2, 0.25) is 0 Å². The average molecular weight is 461 g/mol. The Bertz CT molecular complexity index is 887. The number of rotatable bonds is 6. The van der Waals surface area contributed by atoms with Crippen LogP contribution in [0.3, 0.4) is 0 Å². The Hall–Kier alpha value is -1.80. The molecule has 158 valence electrons. The molecule has 14 heteroatoms. The summed E-state index contributed by atoms with van der Waals surface area (Å²) in [5, 5.41) is 1.81. The topological polar surface area (TPSA) is 69.9 Å². The smallest absolute Gasteiger partial charge is 0.460 e. The van der Waals surface area contributed by atoms with Gasteiger partial charge in [-0.25, -0.2) is 0 Å². The molecule has 2 aliphatic heterocycles. The van der Waals surface area contributed by atoms with Gasteiger partial charge in [-0.1, -0.05) is 0 Å². The van der Waals surface area contributed by atoms with Crippen LogP contribution in [0.15, 0.2) is 39.4 Å². The Balaban J connectivity index is 1.64. The molecule has 0 radical (unpaired) electrons. The van der Waals surface area contributed by atoms with Gasteiger partial charge in [-0.3, -0.25) is 4.98 Å². The highest BCUT2D eigenvalue weighted by Crippen LogP contribution is 2.46. The number of thioether (sulfide) groups is 1. The molecule has 0 fully saturated rings. The molecule has 0 amide bonds. The molecule has 0 spiro atoms. The first-order valence-electron chi connectivity index (χ1n) is 7.67. The monoisotopic (exact) mass is 461 g/mol. The van der Waals surface area contributed by atoms with Gasteiger partial charge in [0.15, 0.2) is 12.4 Å². The molecule has 1 aromatic heterocycles.